The fraction of sp³-hybridized carbons (Fsp3) is 0.702. The van der Waals surface area contributed by atoms with Crippen molar-refractivity contribution in [3.8, 4) is 0 Å². The zero-order chi connectivity index (χ0) is 63.6. The Morgan fingerprint density at radius 2 is 0.807 bits per heavy atom. The number of aliphatic imine (C=N–C) groups is 1. The van der Waals surface area contributed by atoms with Crippen LogP contribution in [-0.2, 0) is 54.4 Å². The van der Waals surface area contributed by atoms with Crippen LogP contribution in [0, 0.1) is 35.5 Å². The van der Waals surface area contributed by atoms with Gasteiger partial charge in [-0.3, -0.25) is 48.1 Å². The third-order valence-electron chi connectivity index (χ3n) is 13.6. The molecule has 0 spiro atoms. The van der Waals surface area contributed by atoms with Gasteiger partial charge in [0.25, 0.3) is 0 Å². The molecule has 26 heteroatoms. The van der Waals surface area contributed by atoms with E-state index in [-0.39, 0.29) is 75.2 Å². The molecule has 18 N–H and O–H groups in total. The Morgan fingerprint density at radius 1 is 0.470 bits per heavy atom. The number of benzene rings is 1. The van der Waals surface area contributed by atoms with Crippen molar-refractivity contribution in [1.29, 1.82) is 0 Å². The maximum Gasteiger partial charge on any atom is 0.326 e. The minimum absolute atomic E-state index is 0.0287. The summed E-state index contributed by atoms with van der Waals surface area (Å²) in [6.45, 7) is 23.3. The lowest BCUT2D eigenvalue weighted by Gasteiger charge is -2.31. The monoisotopic (exact) mass is 1170 g/mol. The van der Waals surface area contributed by atoms with Gasteiger partial charge in [0.1, 0.15) is 54.4 Å². The highest BCUT2D eigenvalue weighted by atomic mass is 16.4. The van der Waals surface area contributed by atoms with Gasteiger partial charge in [-0.1, -0.05) is 120 Å². The number of hydrogen-bond donors (Lipinski definition) is 15. The molecular formula is C57H99N13O13. The molecule has 0 radical (unpaired) electrons. The second-order valence-corrected chi connectivity index (χ2v) is 23.5. The molecule has 0 aliphatic rings. The highest BCUT2D eigenvalue weighted by molar-refractivity contribution is 5.99. The maximum absolute atomic E-state index is 14.2. The number of aliphatic hydroxyl groups is 2. The van der Waals surface area contributed by atoms with E-state index in [0.29, 0.717) is 0 Å². The quantitative estimate of drug-likeness (QED) is 0.0223. The maximum atomic E-state index is 14.2. The van der Waals surface area contributed by atoms with Crippen molar-refractivity contribution >= 4 is 65.1 Å². The minimum atomic E-state index is -1.72. The summed E-state index contributed by atoms with van der Waals surface area (Å²) >= 11 is 0. The zero-order valence-corrected chi connectivity index (χ0v) is 51.0. The summed E-state index contributed by atoms with van der Waals surface area (Å²) in [6, 6.07) is -4.23. The van der Waals surface area contributed by atoms with Gasteiger partial charge in [0, 0.05) is 6.54 Å². The predicted molar refractivity (Wildman–Crippen MR) is 314 cm³/mol. The first-order chi connectivity index (χ1) is 38.6. The molecule has 0 aromatic heterocycles. The fourth-order valence-electron chi connectivity index (χ4n) is 8.72. The largest absolute Gasteiger partial charge is 0.480 e. The van der Waals surface area contributed by atoms with Gasteiger partial charge in [0.15, 0.2) is 5.96 Å². The lowest BCUT2D eigenvalue weighted by atomic mass is 9.96. The number of carbonyl (C=O) groups is 10. The van der Waals surface area contributed by atoms with Gasteiger partial charge in [-0.15, -0.1) is 0 Å². The molecule has 0 fully saturated rings. The highest BCUT2D eigenvalue weighted by Gasteiger charge is 2.39. The van der Waals surface area contributed by atoms with Crippen LogP contribution in [0.4, 0.5) is 0 Å². The van der Waals surface area contributed by atoms with E-state index in [4.69, 9.17) is 17.2 Å². The summed E-state index contributed by atoms with van der Waals surface area (Å²) in [4.78, 5) is 141. The van der Waals surface area contributed by atoms with Crippen LogP contribution < -0.4 is 65.1 Å². The number of nitrogens with one attached hydrogen (secondary N) is 9. The Bertz CT molecular complexity index is 2310. The Kier molecular flexibility index (Phi) is 32.7. The molecule has 1 aromatic rings. The number of aliphatic hydroxyl groups excluding tert-OH is 2. The van der Waals surface area contributed by atoms with E-state index in [1.807, 2.05) is 44.2 Å². The number of carboxylic acids is 1. The standard InChI is InChI=1S/C57H99N13O13/c1-15-33(12)44(53(79)70-46(35(14)72)54(80)67-43(32(10)11)52(78)64-39(24-28(2)3)48(74)62-38(56(82)83)22-19-23-61-57(59)60)68-55(81)45(34(13)71)69-50(76)41(26-30(6)7)63-49(75)40(25-29(4)5)65-51(77)42(31(8)9)66-47(73)37(58)27-36-20-17-16-18-21-36/h16-18,20-21,28-35,37-46,71-72H,15,19,22-27,58H2,1-14H3,(H,62,74)(H,63,75)(H,64,78)(H,65,77)(H,66,73)(H,67,80)(H,68,81)(H,69,76)(H,70,79)(H,82,83)(H4,59,60,61)/t33-,34+,35+,37-,38-,39-,40-,41-,42-,43-,44-,45-,46-/m0/s1. The molecule has 470 valence electrons. The average molecular weight is 1170 g/mol. The van der Waals surface area contributed by atoms with Crippen LogP contribution in [0.15, 0.2) is 35.3 Å². The second kappa shape index (κ2) is 36.6. The molecule has 0 heterocycles. The Balaban J connectivity index is 3.37. The van der Waals surface area contributed by atoms with E-state index in [1.54, 1.807) is 69.2 Å². The van der Waals surface area contributed by atoms with Crippen LogP contribution in [0.2, 0.25) is 0 Å². The van der Waals surface area contributed by atoms with Crippen LogP contribution in [0.5, 0.6) is 0 Å². The predicted octanol–water partition coefficient (Wildman–Crippen LogP) is -0.684. The Morgan fingerprint density at radius 3 is 1.18 bits per heavy atom. The summed E-state index contributed by atoms with van der Waals surface area (Å²) in [5.41, 5.74) is 17.7. The molecule has 9 amide bonds. The number of guanidine groups is 1. The van der Waals surface area contributed by atoms with Gasteiger partial charge in [-0.25, -0.2) is 4.79 Å². The number of aliphatic carboxylic acids is 1. The smallest absolute Gasteiger partial charge is 0.326 e. The van der Waals surface area contributed by atoms with E-state index >= 15 is 0 Å². The molecule has 0 saturated carbocycles. The SMILES string of the molecule is CC[C@H](C)[C@H](NC(=O)[C@@H](NC(=O)[C@H](CC(C)C)NC(=O)[C@H](CC(C)C)NC(=O)[C@@H](NC(=O)[C@@H](N)Cc1ccccc1)C(C)C)[C@@H](C)O)C(=O)N[C@H](C(=O)N[C@H](C(=O)N[C@@H](CC(C)C)C(=O)N[C@@H](CCCN=C(N)N)C(=O)O)C(C)C)[C@@H](C)O. The van der Waals surface area contributed by atoms with E-state index < -0.39 is 150 Å². The van der Waals surface area contributed by atoms with Crippen molar-refractivity contribution in [2.24, 2.45) is 57.7 Å². The normalized spacial score (nSPS) is 16.2. The number of rotatable bonds is 37. The molecule has 0 saturated heterocycles. The minimum Gasteiger partial charge on any atom is -0.480 e. The third-order valence-corrected chi connectivity index (χ3v) is 13.6. The molecule has 0 aliphatic heterocycles. The van der Waals surface area contributed by atoms with Gasteiger partial charge in [0.05, 0.1) is 18.2 Å². The summed E-state index contributed by atoms with van der Waals surface area (Å²) in [6.07, 6.45) is -2.21. The Labute approximate surface area is 489 Å². The van der Waals surface area contributed by atoms with Crippen LogP contribution in [0.25, 0.3) is 0 Å². The Hall–Kier alpha value is -6.93. The topological polar surface area (TPSA) is 430 Å². The highest BCUT2D eigenvalue weighted by Crippen LogP contribution is 2.15. The summed E-state index contributed by atoms with van der Waals surface area (Å²) < 4.78 is 0. The molecule has 26 nitrogen and oxygen atoms in total. The number of hydrogen-bond acceptors (Lipinski definition) is 14. The number of amides is 9. The van der Waals surface area contributed by atoms with Crippen LogP contribution in [0.3, 0.4) is 0 Å². The van der Waals surface area contributed by atoms with Crippen molar-refractivity contribution in [2.75, 3.05) is 6.54 Å². The number of carboxylic acid groups (broad SMARTS) is 1. The summed E-state index contributed by atoms with van der Waals surface area (Å²) in [5.74, 6) is -11.2. The van der Waals surface area contributed by atoms with Crippen molar-refractivity contribution < 1.29 is 63.3 Å². The van der Waals surface area contributed by atoms with Gasteiger partial charge >= 0.3 is 5.97 Å². The first kappa shape index (κ1) is 74.1. The molecule has 1 rings (SSSR count). The van der Waals surface area contributed by atoms with E-state index in [1.165, 1.54) is 13.8 Å². The van der Waals surface area contributed by atoms with Gasteiger partial charge in [-0.05, 0) is 93.4 Å². The van der Waals surface area contributed by atoms with Gasteiger partial charge in [-0.2, -0.15) is 0 Å². The number of nitrogens with two attached hydrogens (primary N) is 3. The summed E-state index contributed by atoms with van der Waals surface area (Å²) in [5, 5.41) is 55.0. The van der Waals surface area contributed by atoms with Crippen LogP contribution in [-0.4, -0.2) is 160 Å². The van der Waals surface area contributed by atoms with E-state index in [2.05, 4.69) is 52.8 Å². The molecule has 13 atom stereocenters. The first-order valence-electron chi connectivity index (χ1n) is 28.8. The number of nitrogens with zero attached hydrogens (tertiary/aromatic N) is 1. The van der Waals surface area contributed by atoms with Crippen molar-refractivity contribution in [2.45, 2.75) is 215 Å². The van der Waals surface area contributed by atoms with Gasteiger partial charge < -0.3 is 80.4 Å². The molecular weight excluding hydrogens is 1070 g/mol. The molecule has 0 aliphatic carbocycles. The molecule has 83 heavy (non-hydrogen) atoms. The van der Waals surface area contributed by atoms with Gasteiger partial charge in [0.2, 0.25) is 53.2 Å². The van der Waals surface area contributed by atoms with E-state index in [0.717, 1.165) is 5.56 Å². The lowest BCUT2D eigenvalue weighted by molar-refractivity contribution is -0.142. The fourth-order valence-corrected chi connectivity index (χ4v) is 8.72. The lowest BCUT2D eigenvalue weighted by Crippen LogP contribution is -2.64. The van der Waals surface area contributed by atoms with Crippen molar-refractivity contribution in [3.63, 3.8) is 0 Å². The first-order valence-corrected chi connectivity index (χ1v) is 28.8. The van der Waals surface area contributed by atoms with Crippen molar-refractivity contribution in [3.05, 3.63) is 35.9 Å². The molecule has 0 unspecified atom stereocenters. The molecule has 0 bridgehead atoms. The van der Waals surface area contributed by atoms with Crippen molar-refractivity contribution in [1.82, 2.24) is 47.9 Å². The average Bonchev–Trinajstić information content (AvgIpc) is 3.48. The zero-order valence-electron chi connectivity index (χ0n) is 51.0. The second-order valence-electron chi connectivity index (χ2n) is 23.5. The third kappa shape index (κ3) is 26.9. The molecule has 1 aromatic carbocycles. The van der Waals surface area contributed by atoms with Crippen LogP contribution >= 0.6 is 0 Å². The summed E-state index contributed by atoms with van der Waals surface area (Å²) in [7, 11) is 0. The van der Waals surface area contributed by atoms with Crippen LogP contribution in [0.1, 0.15) is 141 Å². The number of carbonyl (C=O) groups excluding carboxylic acids is 9. The van der Waals surface area contributed by atoms with E-state index in [9.17, 15) is 63.3 Å².